The van der Waals surface area contributed by atoms with E-state index in [0.29, 0.717) is 11.1 Å². The maximum absolute atomic E-state index is 12.5. The van der Waals surface area contributed by atoms with Crippen LogP contribution in [0, 0.1) is 0 Å². The van der Waals surface area contributed by atoms with Crippen molar-refractivity contribution in [2.75, 3.05) is 45.2 Å². The van der Waals surface area contributed by atoms with Gasteiger partial charge in [-0.25, -0.2) is 12.7 Å². The van der Waals surface area contributed by atoms with E-state index in [0.717, 1.165) is 48.4 Å². The van der Waals surface area contributed by atoms with Gasteiger partial charge in [0.25, 0.3) is 0 Å². The smallest absolute Gasteiger partial charge is 0.242 e. The Hall–Kier alpha value is -3.20. The number of sulfonamides is 1. The lowest BCUT2D eigenvalue weighted by Crippen LogP contribution is -2.43. The number of aromatic nitrogens is 1. The van der Waals surface area contributed by atoms with Crippen LogP contribution in [0.4, 0.5) is 5.69 Å². The molecule has 33 heavy (non-hydrogen) atoms. The molecule has 1 aliphatic rings. The minimum Gasteiger partial charge on any atom is -0.462 e. The number of nitrogens with one attached hydrogen (secondary N) is 1. The van der Waals surface area contributed by atoms with E-state index in [1.54, 1.807) is 24.5 Å². The quantitative estimate of drug-likeness (QED) is 0.486. The lowest BCUT2D eigenvalue weighted by atomic mass is 10.0. The number of piperazine rings is 1. The molecule has 0 atom stereocenters. The second-order valence-electron chi connectivity index (χ2n) is 8.32. The molecule has 1 saturated heterocycles. The number of anilines is 1. The third kappa shape index (κ3) is 4.13. The Bertz CT molecular complexity index is 1390. The monoisotopic (exact) mass is 462 g/mol. The zero-order chi connectivity index (χ0) is 23.0. The standard InChI is InChI=1S/C25H26N4O3S/c1-28(2)33(30,31)22-5-3-4-19(14-22)23-17-32-24-15-20(16-27-25(23)24)18-6-8-21(9-7-18)29-12-10-26-11-13-29/h3-9,14-17,26H,10-13H2,1-2H3. The van der Waals surface area contributed by atoms with Crippen LogP contribution in [0.15, 0.2) is 76.4 Å². The summed E-state index contributed by atoms with van der Waals surface area (Å²) in [5.74, 6) is 0. The summed E-state index contributed by atoms with van der Waals surface area (Å²) in [7, 11) is -0.478. The van der Waals surface area contributed by atoms with E-state index in [4.69, 9.17) is 4.42 Å². The number of benzene rings is 2. The van der Waals surface area contributed by atoms with Crippen LogP contribution < -0.4 is 10.2 Å². The van der Waals surface area contributed by atoms with Crippen LogP contribution in [0.3, 0.4) is 0 Å². The van der Waals surface area contributed by atoms with Gasteiger partial charge in [0.15, 0.2) is 5.58 Å². The third-order valence-electron chi connectivity index (χ3n) is 6.02. The van der Waals surface area contributed by atoms with Crippen molar-refractivity contribution in [1.29, 1.82) is 0 Å². The van der Waals surface area contributed by atoms with Crippen LogP contribution >= 0.6 is 0 Å². The average molecular weight is 463 g/mol. The van der Waals surface area contributed by atoms with E-state index in [-0.39, 0.29) is 4.90 Å². The summed E-state index contributed by atoms with van der Waals surface area (Å²) in [4.78, 5) is 7.28. The number of rotatable bonds is 5. The van der Waals surface area contributed by atoms with Crippen molar-refractivity contribution in [3.63, 3.8) is 0 Å². The fourth-order valence-electron chi connectivity index (χ4n) is 4.10. The van der Waals surface area contributed by atoms with Gasteiger partial charge in [-0.2, -0.15) is 0 Å². The van der Waals surface area contributed by atoms with Gasteiger partial charge in [-0.05, 0) is 41.5 Å². The lowest BCUT2D eigenvalue weighted by molar-refractivity contribution is 0.521. The Balaban J connectivity index is 1.45. The first kappa shape index (κ1) is 21.6. The van der Waals surface area contributed by atoms with Gasteiger partial charge in [-0.1, -0.05) is 24.3 Å². The average Bonchev–Trinajstić information content (AvgIpc) is 3.28. The summed E-state index contributed by atoms with van der Waals surface area (Å²) < 4.78 is 32.1. The van der Waals surface area contributed by atoms with Crippen LogP contribution in [0.25, 0.3) is 33.4 Å². The molecule has 3 heterocycles. The van der Waals surface area contributed by atoms with E-state index in [2.05, 4.69) is 39.5 Å². The molecule has 2 aromatic carbocycles. The minimum absolute atomic E-state index is 0.237. The zero-order valence-electron chi connectivity index (χ0n) is 18.7. The van der Waals surface area contributed by atoms with Crippen molar-refractivity contribution in [1.82, 2.24) is 14.6 Å². The molecule has 7 nitrogen and oxygen atoms in total. The van der Waals surface area contributed by atoms with Gasteiger partial charge in [-0.3, -0.25) is 4.98 Å². The largest absolute Gasteiger partial charge is 0.462 e. The molecule has 0 amide bonds. The van der Waals surface area contributed by atoms with Crippen LogP contribution in [0.1, 0.15) is 0 Å². The van der Waals surface area contributed by atoms with E-state index in [1.165, 1.54) is 24.1 Å². The number of furan rings is 1. The first-order valence-electron chi connectivity index (χ1n) is 10.9. The predicted octanol–water partition coefficient (Wildman–Crippen LogP) is 3.82. The number of hydrogen-bond acceptors (Lipinski definition) is 6. The van der Waals surface area contributed by atoms with Crippen molar-refractivity contribution >= 4 is 26.8 Å². The van der Waals surface area contributed by atoms with Crippen LogP contribution in [0.2, 0.25) is 0 Å². The van der Waals surface area contributed by atoms with Crippen LogP contribution in [-0.4, -0.2) is 58.0 Å². The molecular formula is C25H26N4O3S. The van der Waals surface area contributed by atoms with Gasteiger partial charge in [0.1, 0.15) is 11.8 Å². The third-order valence-corrected chi connectivity index (χ3v) is 7.83. The highest BCUT2D eigenvalue weighted by molar-refractivity contribution is 7.89. The fraction of sp³-hybridized carbons (Fsp3) is 0.240. The highest BCUT2D eigenvalue weighted by atomic mass is 32.2. The summed E-state index contributed by atoms with van der Waals surface area (Å²) in [6, 6.07) is 17.3. The van der Waals surface area contributed by atoms with Gasteiger partial charge in [-0.15, -0.1) is 0 Å². The van der Waals surface area contributed by atoms with Gasteiger partial charge >= 0.3 is 0 Å². The topological polar surface area (TPSA) is 78.7 Å². The number of nitrogens with zero attached hydrogens (tertiary/aromatic N) is 3. The Labute approximate surface area is 193 Å². The molecule has 0 radical (unpaired) electrons. The molecule has 8 heteroatoms. The first-order valence-corrected chi connectivity index (χ1v) is 12.3. The molecule has 0 aliphatic carbocycles. The van der Waals surface area contributed by atoms with Gasteiger partial charge in [0.2, 0.25) is 10.0 Å². The Kier molecular flexibility index (Phi) is 5.65. The summed E-state index contributed by atoms with van der Waals surface area (Å²) >= 11 is 0. The molecule has 1 N–H and O–H groups in total. The van der Waals surface area contributed by atoms with E-state index >= 15 is 0 Å². The molecular weight excluding hydrogens is 436 g/mol. The predicted molar refractivity (Wildman–Crippen MR) is 131 cm³/mol. The summed E-state index contributed by atoms with van der Waals surface area (Å²) in [5.41, 5.74) is 6.14. The molecule has 4 aromatic rings. The van der Waals surface area contributed by atoms with E-state index in [9.17, 15) is 8.42 Å². The maximum atomic E-state index is 12.5. The minimum atomic E-state index is -3.52. The number of hydrogen-bond donors (Lipinski definition) is 1. The zero-order valence-corrected chi connectivity index (χ0v) is 19.5. The fourth-order valence-corrected chi connectivity index (χ4v) is 5.05. The van der Waals surface area contributed by atoms with Gasteiger partial charge < -0.3 is 14.6 Å². The van der Waals surface area contributed by atoms with E-state index in [1.807, 2.05) is 18.3 Å². The lowest BCUT2D eigenvalue weighted by Gasteiger charge is -2.29. The second kappa shape index (κ2) is 8.62. The van der Waals surface area contributed by atoms with Crippen molar-refractivity contribution in [3.05, 3.63) is 67.1 Å². The Morgan fingerprint density at radius 2 is 1.73 bits per heavy atom. The van der Waals surface area contributed by atoms with Crippen LogP contribution in [0.5, 0.6) is 0 Å². The van der Waals surface area contributed by atoms with Crippen molar-refractivity contribution in [2.45, 2.75) is 4.90 Å². The molecule has 170 valence electrons. The molecule has 5 rings (SSSR count). The first-order chi connectivity index (χ1) is 15.9. The molecule has 0 unspecified atom stereocenters. The molecule has 1 fully saturated rings. The summed E-state index contributed by atoms with van der Waals surface area (Å²) in [6.45, 7) is 4.04. The normalized spacial score (nSPS) is 14.8. The maximum Gasteiger partial charge on any atom is 0.242 e. The SMILES string of the molecule is CN(C)S(=O)(=O)c1cccc(-c2coc3cc(-c4ccc(N5CCNCC5)cc4)cnc23)c1. The molecule has 1 aliphatic heterocycles. The van der Waals surface area contributed by atoms with Crippen molar-refractivity contribution in [2.24, 2.45) is 0 Å². The van der Waals surface area contributed by atoms with Crippen LogP contribution in [-0.2, 0) is 10.0 Å². The summed E-state index contributed by atoms with van der Waals surface area (Å²) in [6.07, 6.45) is 3.47. The Morgan fingerprint density at radius 1 is 0.970 bits per heavy atom. The van der Waals surface area contributed by atoms with Gasteiger partial charge in [0, 0.05) is 63.3 Å². The van der Waals surface area contributed by atoms with Crippen molar-refractivity contribution in [3.8, 4) is 22.3 Å². The second-order valence-corrected chi connectivity index (χ2v) is 10.5. The molecule has 0 bridgehead atoms. The number of fused-ring (bicyclic) bond motifs is 1. The van der Waals surface area contributed by atoms with Crippen molar-refractivity contribution < 1.29 is 12.8 Å². The van der Waals surface area contributed by atoms with E-state index < -0.39 is 10.0 Å². The Morgan fingerprint density at radius 3 is 2.45 bits per heavy atom. The highest BCUT2D eigenvalue weighted by Crippen LogP contribution is 2.33. The molecule has 0 saturated carbocycles. The van der Waals surface area contributed by atoms with Gasteiger partial charge in [0.05, 0.1) is 4.90 Å². The number of pyridine rings is 1. The molecule has 0 spiro atoms. The highest BCUT2D eigenvalue weighted by Gasteiger charge is 2.19. The molecule has 2 aromatic heterocycles. The summed E-state index contributed by atoms with van der Waals surface area (Å²) in [5, 5.41) is 3.38.